The summed E-state index contributed by atoms with van der Waals surface area (Å²) < 4.78 is 5.40. The van der Waals surface area contributed by atoms with Gasteiger partial charge in [-0.25, -0.2) is 0 Å². The zero-order valence-electron chi connectivity index (χ0n) is 20.5. The molecule has 0 amide bonds. The first kappa shape index (κ1) is 22.7. The third-order valence-corrected chi connectivity index (χ3v) is 11.1. The molecular weight excluding hydrogens is 368 g/mol. The quantitative estimate of drug-likeness (QED) is 0.398. The molecule has 0 spiro atoms. The molecule has 0 saturated heterocycles. The lowest BCUT2D eigenvalue weighted by molar-refractivity contribution is -0.151. The summed E-state index contributed by atoms with van der Waals surface area (Å²) >= 11 is 0. The van der Waals surface area contributed by atoms with Gasteiger partial charge in [0.15, 0.2) is 0 Å². The molecule has 0 radical (unpaired) electrons. The lowest BCUT2D eigenvalue weighted by Crippen LogP contribution is -2.54. The Kier molecular flexibility index (Phi) is 6.63. The summed E-state index contributed by atoms with van der Waals surface area (Å²) in [5, 5.41) is 0. The Hall–Kier alpha value is -0.530. The molecule has 30 heavy (non-hydrogen) atoms. The summed E-state index contributed by atoms with van der Waals surface area (Å²) in [6.45, 7) is 13.3. The molecule has 0 heterocycles. The summed E-state index contributed by atoms with van der Waals surface area (Å²) in [7, 11) is 0. The first-order valence-electron chi connectivity index (χ1n) is 13.4. The SMILES string of the molecule is CC(C)CCC[C@@H](C)[C@H]1CC[C@H]2[C@@H]3CC[C@H]4C[C@@H](OC=O)CC[C@]4(C)[C@H]3CC[C@]12C. The van der Waals surface area contributed by atoms with Crippen LogP contribution in [0.15, 0.2) is 0 Å². The predicted molar refractivity (Wildman–Crippen MR) is 124 cm³/mol. The molecule has 4 fully saturated rings. The molecule has 172 valence electrons. The van der Waals surface area contributed by atoms with E-state index < -0.39 is 0 Å². The Morgan fingerprint density at radius 3 is 2.37 bits per heavy atom. The van der Waals surface area contributed by atoms with E-state index in [1.54, 1.807) is 0 Å². The number of hydrogen-bond donors (Lipinski definition) is 0. The Balaban J connectivity index is 1.44. The smallest absolute Gasteiger partial charge is 0.293 e. The van der Waals surface area contributed by atoms with E-state index in [-0.39, 0.29) is 6.10 Å². The maximum atomic E-state index is 10.9. The van der Waals surface area contributed by atoms with Crippen LogP contribution in [0, 0.1) is 52.3 Å². The van der Waals surface area contributed by atoms with Crippen LogP contribution in [0.25, 0.3) is 0 Å². The van der Waals surface area contributed by atoms with Crippen molar-refractivity contribution in [2.45, 2.75) is 118 Å². The van der Waals surface area contributed by atoms with Crippen LogP contribution in [-0.4, -0.2) is 12.6 Å². The van der Waals surface area contributed by atoms with Crippen LogP contribution in [-0.2, 0) is 9.53 Å². The number of rotatable bonds is 7. The van der Waals surface area contributed by atoms with Gasteiger partial charge < -0.3 is 4.74 Å². The third kappa shape index (κ3) is 3.88. The largest absolute Gasteiger partial charge is 0.465 e. The van der Waals surface area contributed by atoms with Crippen LogP contribution < -0.4 is 0 Å². The van der Waals surface area contributed by atoms with Gasteiger partial charge in [-0.3, -0.25) is 4.79 Å². The van der Waals surface area contributed by atoms with Crippen LogP contribution in [0.1, 0.15) is 112 Å². The highest BCUT2D eigenvalue weighted by atomic mass is 16.5. The summed E-state index contributed by atoms with van der Waals surface area (Å²) in [5.74, 6) is 6.32. The van der Waals surface area contributed by atoms with E-state index in [0.29, 0.717) is 17.3 Å². The topological polar surface area (TPSA) is 26.3 Å². The summed E-state index contributed by atoms with van der Waals surface area (Å²) in [6.07, 6.45) is 16.7. The third-order valence-electron chi connectivity index (χ3n) is 11.1. The number of carbonyl (C=O) groups excluding carboxylic acids is 1. The average molecular weight is 417 g/mol. The predicted octanol–water partition coefficient (Wildman–Crippen LogP) is 7.65. The molecule has 0 unspecified atom stereocenters. The lowest BCUT2D eigenvalue weighted by Gasteiger charge is -2.61. The Labute approximate surface area is 186 Å². The van der Waals surface area contributed by atoms with Crippen molar-refractivity contribution >= 4 is 6.47 Å². The Morgan fingerprint density at radius 1 is 0.900 bits per heavy atom. The second kappa shape index (κ2) is 8.78. The molecule has 4 aliphatic rings. The second-order valence-electron chi connectivity index (χ2n) is 12.8. The van der Waals surface area contributed by atoms with Crippen molar-refractivity contribution in [3.05, 3.63) is 0 Å². The molecule has 2 nitrogen and oxygen atoms in total. The van der Waals surface area contributed by atoms with E-state index in [1.807, 2.05) is 0 Å². The monoisotopic (exact) mass is 416 g/mol. The molecular formula is C28H48O2. The van der Waals surface area contributed by atoms with E-state index in [1.165, 1.54) is 64.2 Å². The Morgan fingerprint density at radius 2 is 1.63 bits per heavy atom. The molecule has 4 aliphatic carbocycles. The number of ether oxygens (including phenoxy) is 1. The fraction of sp³-hybridized carbons (Fsp3) is 0.964. The standard InChI is InChI=1S/C28H48O2/c1-19(2)7-6-8-20(3)24-11-12-25-23-10-9-21-17-22(30-18-29)13-15-27(21,4)26(23)14-16-28(24,25)5/h18-26H,6-17H2,1-5H3/t20-,21+,22+,23+,24-,25+,26+,27+,28-/m1/s1. The van der Waals surface area contributed by atoms with Crippen molar-refractivity contribution in [2.24, 2.45) is 52.3 Å². The van der Waals surface area contributed by atoms with Gasteiger partial charge in [0.25, 0.3) is 6.47 Å². The molecule has 0 aromatic rings. The highest BCUT2D eigenvalue weighted by Crippen LogP contribution is 2.68. The fourth-order valence-corrected chi connectivity index (χ4v) is 9.45. The van der Waals surface area contributed by atoms with Gasteiger partial charge in [-0.15, -0.1) is 0 Å². The molecule has 0 aromatic carbocycles. The van der Waals surface area contributed by atoms with Gasteiger partial charge in [0, 0.05) is 0 Å². The van der Waals surface area contributed by atoms with E-state index in [9.17, 15) is 4.79 Å². The molecule has 4 rings (SSSR count). The highest BCUT2D eigenvalue weighted by Gasteiger charge is 2.60. The van der Waals surface area contributed by atoms with Gasteiger partial charge in [-0.2, -0.15) is 0 Å². The fourth-order valence-electron chi connectivity index (χ4n) is 9.45. The second-order valence-corrected chi connectivity index (χ2v) is 12.8. The number of hydrogen-bond acceptors (Lipinski definition) is 2. The van der Waals surface area contributed by atoms with Crippen LogP contribution in [0.3, 0.4) is 0 Å². The average Bonchev–Trinajstić information content (AvgIpc) is 3.05. The van der Waals surface area contributed by atoms with Crippen LogP contribution in [0.4, 0.5) is 0 Å². The van der Waals surface area contributed by atoms with E-state index in [2.05, 4.69) is 34.6 Å². The first-order chi connectivity index (χ1) is 14.3. The van der Waals surface area contributed by atoms with E-state index >= 15 is 0 Å². The van der Waals surface area contributed by atoms with Crippen LogP contribution in [0.2, 0.25) is 0 Å². The van der Waals surface area contributed by atoms with Crippen molar-refractivity contribution in [2.75, 3.05) is 0 Å². The van der Waals surface area contributed by atoms with Crippen molar-refractivity contribution in [3.8, 4) is 0 Å². The number of carbonyl (C=O) groups is 1. The van der Waals surface area contributed by atoms with Gasteiger partial charge in [0.2, 0.25) is 0 Å². The summed E-state index contributed by atoms with van der Waals surface area (Å²) in [4.78, 5) is 10.9. The molecule has 0 aromatic heterocycles. The molecule has 0 bridgehead atoms. The minimum absolute atomic E-state index is 0.188. The molecule has 0 aliphatic heterocycles. The molecule has 0 N–H and O–H groups in total. The van der Waals surface area contributed by atoms with Gasteiger partial charge in [0.1, 0.15) is 6.10 Å². The van der Waals surface area contributed by atoms with Crippen molar-refractivity contribution in [1.82, 2.24) is 0 Å². The van der Waals surface area contributed by atoms with Gasteiger partial charge in [-0.1, -0.05) is 53.9 Å². The van der Waals surface area contributed by atoms with Gasteiger partial charge >= 0.3 is 0 Å². The maximum Gasteiger partial charge on any atom is 0.293 e. The molecule has 9 atom stereocenters. The zero-order valence-corrected chi connectivity index (χ0v) is 20.5. The van der Waals surface area contributed by atoms with E-state index in [0.717, 1.165) is 54.3 Å². The maximum absolute atomic E-state index is 10.9. The van der Waals surface area contributed by atoms with Crippen molar-refractivity contribution < 1.29 is 9.53 Å². The highest BCUT2D eigenvalue weighted by molar-refractivity contribution is 5.37. The normalized spacial score (nSPS) is 46.6. The molecule has 2 heteroatoms. The lowest BCUT2D eigenvalue weighted by atomic mass is 9.44. The summed E-state index contributed by atoms with van der Waals surface area (Å²) in [5.41, 5.74) is 1.09. The van der Waals surface area contributed by atoms with Crippen LogP contribution in [0.5, 0.6) is 0 Å². The molecule has 4 saturated carbocycles. The van der Waals surface area contributed by atoms with Crippen molar-refractivity contribution in [3.63, 3.8) is 0 Å². The number of fused-ring (bicyclic) bond motifs is 5. The van der Waals surface area contributed by atoms with Crippen molar-refractivity contribution in [1.29, 1.82) is 0 Å². The van der Waals surface area contributed by atoms with E-state index in [4.69, 9.17) is 4.74 Å². The Bertz CT molecular complexity index is 599. The van der Waals surface area contributed by atoms with Gasteiger partial charge in [-0.05, 0) is 110 Å². The first-order valence-corrected chi connectivity index (χ1v) is 13.4. The summed E-state index contributed by atoms with van der Waals surface area (Å²) in [6, 6.07) is 0. The minimum atomic E-state index is 0.188. The van der Waals surface area contributed by atoms with Gasteiger partial charge in [0.05, 0.1) is 0 Å². The zero-order chi connectivity index (χ0) is 21.5. The minimum Gasteiger partial charge on any atom is -0.465 e. The van der Waals surface area contributed by atoms with Crippen LogP contribution >= 0.6 is 0 Å².